The second-order valence-electron chi connectivity index (χ2n) is 18.4. The third-order valence-corrected chi connectivity index (χ3v) is 13.2. The average Bonchev–Trinajstić information content (AvgIpc) is 3.68. The normalized spacial score (nSPS) is 21.9. The van der Waals surface area contributed by atoms with Crippen LogP contribution in [-0.4, -0.2) is 111 Å². The summed E-state index contributed by atoms with van der Waals surface area (Å²) in [6.07, 6.45) is 8.13. The Morgan fingerprint density at radius 3 is 1.89 bits per heavy atom. The number of rotatable bonds is 22. The highest BCUT2D eigenvalue weighted by Crippen LogP contribution is 2.65. The van der Waals surface area contributed by atoms with Crippen LogP contribution in [-0.2, 0) is 44.5 Å². The second-order valence-corrected chi connectivity index (χ2v) is 18.4. The molecule has 10 N–H and O–H groups in total. The van der Waals surface area contributed by atoms with Gasteiger partial charge >= 0.3 is 7.12 Å². The summed E-state index contributed by atoms with van der Waals surface area (Å²) in [7, 11) is -0.621. The molecule has 9 atom stereocenters. The average molecular weight is 922 g/mol. The molecule has 66 heavy (non-hydrogen) atoms. The fourth-order valence-corrected chi connectivity index (χ4v) is 8.98. The summed E-state index contributed by atoms with van der Waals surface area (Å²) in [5.74, 6) is -1.74. The summed E-state index contributed by atoms with van der Waals surface area (Å²) in [4.78, 5) is 69.2. The molecule has 3 aliphatic carbocycles. The van der Waals surface area contributed by atoms with Crippen molar-refractivity contribution < 1.29 is 43.2 Å². The zero-order chi connectivity index (χ0) is 49.6. The van der Waals surface area contributed by atoms with Crippen LogP contribution in [0, 0.1) is 17.3 Å². The summed E-state index contributed by atoms with van der Waals surface area (Å²) in [6.45, 7) is 20.9. The number of aliphatic hydroxyl groups is 1. The van der Waals surface area contributed by atoms with Crippen LogP contribution < -0.4 is 38.1 Å². The molecule has 1 heterocycles. The molecule has 0 spiro atoms. The van der Waals surface area contributed by atoms with E-state index >= 15 is 0 Å². The highest BCUT2D eigenvalue weighted by Gasteiger charge is 2.68. The Hall–Kier alpha value is -4.68. The van der Waals surface area contributed by atoms with Gasteiger partial charge in [0.25, 0.3) is 0 Å². The van der Waals surface area contributed by atoms with Gasteiger partial charge in [0.1, 0.15) is 31.7 Å². The van der Waals surface area contributed by atoms with E-state index in [1.807, 2.05) is 44.8 Å². The van der Waals surface area contributed by atoms with Crippen LogP contribution in [0.5, 0.6) is 0 Å². The first kappa shape index (κ1) is 57.5. The van der Waals surface area contributed by atoms with Crippen LogP contribution in [0.15, 0.2) is 48.5 Å². The van der Waals surface area contributed by atoms with Crippen molar-refractivity contribution in [3.8, 4) is 11.1 Å². The van der Waals surface area contributed by atoms with Gasteiger partial charge in [-0.2, -0.15) is 0 Å². The lowest BCUT2D eigenvalue weighted by Gasteiger charge is -2.64. The molecule has 4 aliphatic rings. The van der Waals surface area contributed by atoms with Crippen molar-refractivity contribution in [1.82, 2.24) is 21.3 Å². The Labute approximate surface area is 393 Å². The summed E-state index contributed by atoms with van der Waals surface area (Å²) in [5.41, 5.74) is 14.8. The highest BCUT2D eigenvalue weighted by atomic mass is 16.7. The first-order valence-corrected chi connectivity index (χ1v) is 23.6. The van der Waals surface area contributed by atoms with Gasteiger partial charge < -0.3 is 62.1 Å². The minimum Gasteiger partial charge on any atom is -0.404 e. The number of nitrogens with two attached hydrogens (primary N) is 2. The molecule has 4 fully saturated rings. The fraction of sp³-hybridized carbons (Fsp3) is 0.633. The van der Waals surface area contributed by atoms with E-state index in [9.17, 15) is 24.3 Å². The van der Waals surface area contributed by atoms with Gasteiger partial charge in [-0.1, -0.05) is 76.9 Å². The van der Waals surface area contributed by atoms with Gasteiger partial charge in [0.15, 0.2) is 0 Å². The van der Waals surface area contributed by atoms with Crippen molar-refractivity contribution in [3.05, 3.63) is 54.1 Å². The van der Waals surface area contributed by atoms with Gasteiger partial charge in [-0.05, 0) is 138 Å². The van der Waals surface area contributed by atoms with Gasteiger partial charge in [0.05, 0.1) is 30.3 Å². The lowest BCUT2D eigenvalue weighted by molar-refractivity contribution is -0.199. The predicted octanol–water partition coefficient (Wildman–Crippen LogP) is 4.24. The number of aliphatic hydroxyl groups excluding tert-OH is 1. The predicted molar refractivity (Wildman–Crippen MR) is 261 cm³/mol. The lowest BCUT2D eigenvalue weighted by Crippen LogP contribution is -2.65. The van der Waals surface area contributed by atoms with Crippen LogP contribution in [0.2, 0.25) is 0 Å². The molecule has 17 heteroatoms. The summed E-state index contributed by atoms with van der Waals surface area (Å²) in [5, 5.41) is 24.4. The molecule has 6 rings (SSSR count). The lowest BCUT2D eigenvalue weighted by atomic mass is 9.43. The van der Waals surface area contributed by atoms with Crippen molar-refractivity contribution in [3.63, 3.8) is 0 Å². The molecule has 2 bridgehead atoms. The first-order valence-electron chi connectivity index (χ1n) is 23.6. The van der Waals surface area contributed by atoms with E-state index in [1.165, 1.54) is 32.3 Å². The van der Waals surface area contributed by atoms with Crippen molar-refractivity contribution in [2.24, 2.45) is 28.7 Å². The Morgan fingerprint density at radius 1 is 0.773 bits per heavy atom. The number of anilines is 1. The maximum absolute atomic E-state index is 13.6. The summed E-state index contributed by atoms with van der Waals surface area (Å²) < 4.78 is 12.9. The Kier molecular flexibility index (Phi) is 24.8. The summed E-state index contributed by atoms with van der Waals surface area (Å²) >= 11 is 0. The fourth-order valence-electron chi connectivity index (χ4n) is 8.98. The van der Waals surface area contributed by atoms with E-state index in [0.717, 1.165) is 49.8 Å². The van der Waals surface area contributed by atoms with Crippen molar-refractivity contribution >= 4 is 50.0 Å². The largest absolute Gasteiger partial charge is 0.481 e. The molecule has 2 aromatic rings. The number of hydrogen-bond donors (Lipinski definition) is 8. The smallest absolute Gasteiger partial charge is 0.404 e. The first-order chi connectivity index (χ1) is 31.5. The Bertz CT molecular complexity index is 1780. The third-order valence-electron chi connectivity index (χ3n) is 13.2. The Morgan fingerprint density at radius 2 is 1.36 bits per heavy atom. The molecular formula is C49H80BN7O9. The number of amides is 4. The quantitative estimate of drug-likeness (QED) is 0.0610. The number of unbranched alkanes of at least 4 members (excludes halogenated alkanes) is 3. The maximum atomic E-state index is 13.6. The third kappa shape index (κ3) is 16.0. The maximum Gasteiger partial charge on any atom is 0.481 e. The number of carbonyl (C=O) groups is 6. The van der Waals surface area contributed by atoms with E-state index in [1.54, 1.807) is 0 Å². The number of benzene rings is 2. The molecule has 2 aromatic carbocycles. The number of aryl methyl sites for hydroxylation is 1. The molecule has 1 aliphatic heterocycles. The SMILES string of the molecule is C=O.C=O.CCCCN.CCCCc1ccc(-c2ccc(NCC(=O)NC(C(=O)N[C@@H](C)C(=O)NC(CCCCN)C(=O)N[C@@H](C)B3OC4CC5CC(C5(C)C)[C@]4(C)O3)C(C)O)cc2)cc1. The van der Waals surface area contributed by atoms with Crippen LogP contribution in [0.1, 0.15) is 119 Å². The highest BCUT2D eigenvalue weighted by molar-refractivity contribution is 6.47. The minimum absolute atomic E-state index is 0.0313. The molecule has 0 aromatic heterocycles. The van der Waals surface area contributed by atoms with Gasteiger partial charge in [-0.15, -0.1) is 0 Å². The van der Waals surface area contributed by atoms with Crippen molar-refractivity contribution in [2.45, 2.75) is 161 Å². The molecular weight excluding hydrogens is 841 g/mol. The van der Waals surface area contributed by atoms with E-state index in [0.29, 0.717) is 43.3 Å². The van der Waals surface area contributed by atoms with Crippen molar-refractivity contribution in [1.29, 1.82) is 0 Å². The Balaban J connectivity index is 0.00000154. The van der Waals surface area contributed by atoms with Crippen molar-refractivity contribution in [2.75, 3.05) is 25.0 Å². The molecule has 3 saturated carbocycles. The molecule has 0 radical (unpaired) electrons. The van der Waals surface area contributed by atoms with E-state index in [-0.39, 0.29) is 18.1 Å². The van der Waals surface area contributed by atoms with Gasteiger partial charge in [0.2, 0.25) is 23.6 Å². The monoisotopic (exact) mass is 922 g/mol. The van der Waals surface area contributed by atoms with Crippen LogP contribution in [0.25, 0.3) is 11.1 Å². The zero-order valence-electron chi connectivity index (χ0n) is 40.8. The molecule has 4 amide bonds. The zero-order valence-corrected chi connectivity index (χ0v) is 40.8. The molecule has 1 saturated heterocycles. The van der Waals surface area contributed by atoms with Gasteiger partial charge in [-0.25, -0.2) is 0 Å². The number of hydrogen-bond acceptors (Lipinski definition) is 12. The van der Waals surface area contributed by atoms with Gasteiger partial charge in [0, 0.05) is 5.69 Å². The molecule has 16 nitrogen and oxygen atoms in total. The summed E-state index contributed by atoms with van der Waals surface area (Å²) in [6, 6.07) is 12.9. The standard InChI is InChI=1S/C43H65BN6O7.C4H11N.2CH2O/c1-8-9-12-29-14-16-30(17-15-29)31-18-20-33(21-19-31)46-25-37(52)50-38(27(3)51)41(55)47-26(2)39(53)49-34(13-10-11-22-45)40(54)48-28(4)44-56-36-24-32-23-35(42(32,5)6)43(36,7)57-44;1-2-3-4-5;2*1-2/h14-21,26-28,32,34-36,38,46,51H,8-13,22-25,45H2,1-7H3,(H,47,55)(H,48,54)(H,49,53)(H,50,52);2-5H2,1H3;2*1H2/t26-,27?,28-,32?,34?,35?,36?,38?,43-;;;/m0.../s1. The molecule has 368 valence electrons. The van der Waals surface area contributed by atoms with Crippen LogP contribution in [0.4, 0.5) is 5.69 Å². The van der Waals surface area contributed by atoms with E-state index in [2.05, 4.69) is 85.5 Å². The topological polar surface area (TPSA) is 253 Å². The van der Waals surface area contributed by atoms with Crippen LogP contribution in [0.3, 0.4) is 0 Å². The molecule has 6 unspecified atom stereocenters. The minimum atomic E-state index is -1.32. The number of nitrogens with one attached hydrogen (secondary N) is 5. The number of carbonyl (C=O) groups excluding carboxylic acids is 6. The second kappa shape index (κ2) is 28.5. The van der Waals surface area contributed by atoms with E-state index < -0.39 is 66.5 Å². The van der Waals surface area contributed by atoms with Gasteiger partial charge in [-0.3, -0.25) is 19.2 Å². The van der Waals surface area contributed by atoms with E-state index in [4.69, 9.17) is 30.4 Å². The van der Waals surface area contributed by atoms with Crippen LogP contribution >= 0.6 is 0 Å².